The highest BCUT2D eigenvalue weighted by Gasteiger charge is 2.49. The van der Waals surface area contributed by atoms with Crippen molar-refractivity contribution >= 4 is 59.2 Å². The molecule has 308 valence electrons. The molecular weight excluding hydrogens is 762 g/mol. The van der Waals surface area contributed by atoms with E-state index >= 15 is 0 Å². The van der Waals surface area contributed by atoms with Crippen molar-refractivity contribution in [3.8, 4) is 0 Å². The first kappa shape index (κ1) is 44.2. The number of carboxylic acid groups (broad SMARTS) is 1. The summed E-state index contributed by atoms with van der Waals surface area (Å²) in [6, 6.07) is 9.48. The molecule has 4 N–H and O–H groups in total. The van der Waals surface area contributed by atoms with Crippen molar-refractivity contribution in [2.45, 2.75) is 96.5 Å². The summed E-state index contributed by atoms with van der Waals surface area (Å²) in [5.74, 6) is -6.99. The molecule has 2 aromatic rings. The second-order valence-corrected chi connectivity index (χ2v) is 15.0. The molecule has 0 spiro atoms. The molecule has 0 bridgehead atoms. The van der Waals surface area contributed by atoms with Crippen molar-refractivity contribution < 1.29 is 52.9 Å². The third kappa shape index (κ3) is 12.5. The van der Waals surface area contributed by atoms with E-state index in [0.717, 1.165) is 24.2 Å². The Morgan fingerprint density at radius 2 is 1.65 bits per heavy atom. The van der Waals surface area contributed by atoms with Gasteiger partial charge < -0.3 is 35.4 Å². The molecule has 1 saturated carbocycles. The highest BCUT2D eigenvalue weighted by Crippen LogP contribution is 2.30. The molecule has 4 atom stereocenters. The van der Waals surface area contributed by atoms with E-state index in [4.69, 9.17) is 21.1 Å². The van der Waals surface area contributed by atoms with Gasteiger partial charge in [-0.1, -0.05) is 101 Å². The normalized spacial score (nSPS) is 17.3. The molecule has 0 aromatic heterocycles. The Morgan fingerprint density at radius 3 is 2.28 bits per heavy atom. The van der Waals surface area contributed by atoms with Crippen molar-refractivity contribution in [2.24, 2.45) is 11.8 Å². The fourth-order valence-electron chi connectivity index (χ4n) is 6.78. The van der Waals surface area contributed by atoms with Gasteiger partial charge in [-0.05, 0) is 48.8 Å². The first-order chi connectivity index (χ1) is 27.2. The number of Topliss-reactive ketones (excluding diaryl/α,β-unsaturated/α-hetero) is 1. The van der Waals surface area contributed by atoms with E-state index in [0.29, 0.717) is 29.8 Å². The van der Waals surface area contributed by atoms with Crippen LogP contribution in [0.5, 0.6) is 0 Å². The van der Waals surface area contributed by atoms with Crippen LogP contribution in [-0.4, -0.2) is 100 Å². The number of amides is 6. The van der Waals surface area contributed by atoms with Crippen LogP contribution in [0.3, 0.4) is 0 Å². The number of alkyl carbamates (subject to hydrolysis) is 1. The van der Waals surface area contributed by atoms with Gasteiger partial charge in [0.2, 0.25) is 17.8 Å². The maximum Gasteiger partial charge on any atom is 0.407 e. The summed E-state index contributed by atoms with van der Waals surface area (Å²) in [6.07, 6.45) is 1.51. The summed E-state index contributed by atoms with van der Waals surface area (Å²) in [5, 5.41) is 17.3. The van der Waals surface area contributed by atoms with Gasteiger partial charge in [0.15, 0.2) is 0 Å². The summed E-state index contributed by atoms with van der Waals surface area (Å²) < 4.78 is 10.4. The quantitative estimate of drug-likeness (QED) is 0.124. The molecule has 1 heterocycles. The van der Waals surface area contributed by atoms with Crippen molar-refractivity contribution in [2.75, 3.05) is 19.7 Å². The van der Waals surface area contributed by atoms with E-state index in [1.807, 2.05) is 13.8 Å². The van der Waals surface area contributed by atoms with Crippen molar-refractivity contribution in [1.82, 2.24) is 25.8 Å². The van der Waals surface area contributed by atoms with Crippen LogP contribution in [0.25, 0.3) is 0 Å². The fraction of sp³-hybridized carbons (Fsp3) is 0.500. The number of aliphatic carboxylic acids is 1. The zero-order valence-corrected chi connectivity index (χ0v) is 33.0. The van der Waals surface area contributed by atoms with E-state index < -0.39 is 78.3 Å². The van der Waals surface area contributed by atoms with Gasteiger partial charge in [0.05, 0.1) is 19.2 Å². The van der Waals surface area contributed by atoms with Gasteiger partial charge in [0.25, 0.3) is 11.8 Å². The van der Waals surface area contributed by atoms with Crippen molar-refractivity contribution in [3.63, 3.8) is 0 Å². The van der Waals surface area contributed by atoms with Crippen LogP contribution >= 0.6 is 11.6 Å². The van der Waals surface area contributed by atoms with Crippen LogP contribution in [0, 0.1) is 11.8 Å². The minimum absolute atomic E-state index is 0.0199. The Hall–Kier alpha value is -5.51. The number of urea groups is 1. The Labute approximate surface area is 335 Å². The number of carboxylic acids is 1. The summed E-state index contributed by atoms with van der Waals surface area (Å²) >= 11 is 6.19. The lowest BCUT2D eigenvalue weighted by molar-refractivity contribution is -0.164. The maximum absolute atomic E-state index is 14.5. The Balaban J connectivity index is 1.54. The lowest BCUT2D eigenvalue weighted by Gasteiger charge is -2.33. The number of nitrogens with one attached hydrogen (secondary N) is 3. The largest absolute Gasteiger partial charge is 0.478 e. The van der Waals surface area contributed by atoms with E-state index in [9.17, 15) is 43.5 Å². The average Bonchev–Trinajstić information content (AvgIpc) is 3.52. The molecule has 1 aliphatic carbocycles. The molecule has 1 saturated heterocycles. The number of imide groups is 1. The Bertz CT molecular complexity index is 1790. The fourth-order valence-corrected chi connectivity index (χ4v) is 7.00. The Kier molecular flexibility index (Phi) is 16.4. The van der Waals surface area contributed by atoms with Gasteiger partial charge in [-0.3, -0.25) is 24.0 Å². The molecule has 3 unspecified atom stereocenters. The number of carbonyl (C=O) groups is 8. The number of hydrogen-bond acceptors (Lipinski definition) is 10. The van der Waals surface area contributed by atoms with Crippen LogP contribution in [0.4, 0.5) is 9.59 Å². The molecule has 16 nitrogen and oxygen atoms in total. The molecule has 17 heteroatoms. The number of halogens is 1. The van der Waals surface area contributed by atoms with E-state index in [-0.39, 0.29) is 43.5 Å². The molecule has 0 radical (unpaired) electrons. The molecule has 2 aromatic carbocycles. The van der Waals surface area contributed by atoms with E-state index in [2.05, 4.69) is 16.0 Å². The predicted octanol–water partition coefficient (Wildman–Crippen LogP) is 4.14. The second kappa shape index (κ2) is 21.1. The molecule has 6 amide bonds. The lowest BCUT2D eigenvalue weighted by Crippen LogP contribution is -2.59. The number of benzene rings is 2. The SMILES string of the molecule is CCCC(NC(=O)C1CN(Cc2cccc(Cl)c2)C(=O)N1C(=O)C(NC(=O)OCC(C)C)C1CCCCC1)C(=O)C(=O)NCC(=O)O[C@H](C(=O)O)c1ccccc1. The highest BCUT2D eigenvalue weighted by molar-refractivity contribution is 6.38. The number of carbonyl (C=O) groups excluding carboxylic acids is 7. The molecule has 2 aliphatic rings. The van der Waals surface area contributed by atoms with Gasteiger partial charge in [-0.25, -0.2) is 19.3 Å². The first-order valence-electron chi connectivity index (χ1n) is 19.1. The zero-order valence-electron chi connectivity index (χ0n) is 32.2. The monoisotopic (exact) mass is 811 g/mol. The topological polar surface area (TPSA) is 218 Å². The number of esters is 1. The molecule has 57 heavy (non-hydrogen) atoms. The van der Waals surface area contributed by atoms with Crippen molar-refractivity contribution in [1.29, 1.82) is 0 Å². The van der Waals surface area contributed by atoms with Gasteiger partial charge in [-0.2, -0.15) is 0 Å². The smallest absolute Gasteiger partial charge is 0.407 e. The maximum atomic E-state index is 14.5. The van der Waals surface area contributed by atoms with Crippen LogP contribution in [-0.2, 0) is 44.8 Å². The van der Waals surface area contributed by atoms with Gasteiger partial charge in [0.1, 0.15) is 18.6 Å². The van der Waals surface area contributed by atoms with Crippen molar-refractivity contribution in [3.05, 3.63) is 70.7 Å². The Morgan fingerprint density at radius 1 is 0.947 bits per heavy atom. The van der Waals surface area contributed by atoms with Gasteiger partial charge in [-0.15, -0.1) is 0 Å². The average molecular weight is 812 g/mol. The number of ketones is 1. The molecule has 1 aliphatic heterocycles. The summed E-state index contributed by atoms with van der Waals surface area (Å²) in [5.41, 5.74) is 0.804. The van der Waals surface area contributed by atoms with Gasteiger partial charge in [0, 0.05) is 17.1 Å². The molecule has 2 fully saturated rings. The summed E-state index contributed by atoms with van der Waals surface area (Å²) in [6.45, 7) is 4.36. The van der Waals surface area contributed by atoms with E-state index in [1.165, 1.54) is 17.0 Å². The number of rotatable bonds is 18. The third-order valence-electron chi connectivity index (χ3n) is 9.60. The van der Waals surface area contributed by atoms with E-state index in [1.54, 1.807) is 49.4 Å². The van der Waals surface area contributed by atoms with Crippen LogP contribution in [0.2, 0.25) is 5.02 Å². The van der Waals surface area contributed by atoms with Gasteiger partial charge >= 0.3 is 24.1 Å². The number of nitrogens with zero attached hydrogens (tertiary/aromatic N) is 2. The van der Waals surface area contributed by atoms with Crippen LogP contribution in [0.15, 0.2) is 54.6 Å². The van der Waals surface area contributed by atoms with Crippen LogP contribution < -0.4 is 16.0 Å². The predicted molar refractivity (Wildman–Crippen MR) is 205 cm³/mol. The third-order valence-corrected chi connectivity index (χ3v) is 9.83. The summed E-state index contributed by atoms with van der Waals surface area (Å²) in [7, 11) is 0. The molecule has 4 rings (SSSR count). The zero-order chi connectivity index (χ0) is 41.6. The number of hydrogen-bond donors (Lipinski definition) is 4. The molecular formula is C40H50ClN5O11. The standard InChI is InChI=1S/C40H50ClN5O11/c1-4-12-29(33(48)36(50)42-20-31(47)57-34(38(52)53)27-16-9-6-10-17-27)43-35(49)30-22-45(21-25-13-11-18-28(41)19-25)40(55)46(30)37(51)32(26-14-7-5-8-15-26)44-39(54)56-23-24(2)3/h6,9-11,13,16-19,24,26,29-30,32,34H,4-5,7-8,12,14-15,20-23H2,1-3H3,(H,42,50)(H,43,49)(H,44,54)(H,52,53)/t29?,30?,32?,34-/m0/s1. The second-order valence-electron chi connectivity index (χ2n) is 14.5. The minimum atomic E-state index is -1.66. The number of ether oxygens (including phenoxy) is 2. The first-order valence-corrected chi connectivity index (χ1v) is 19.5. The minimum Gasteiger partial charge on any atom is -0.478 e. The summed E-state index contributed by atoms with van der Waals surface area (Å²) in [4.78, 5) is 108. The van der Waals surface area contributed by atoms with Crippen LogP contribution in [0.1, 0.15) is 82.9 Å². The highest BCUT2D eigenvalue weighted by atomic mass is 35.5. The lowest BCUT2D eigenvalue weighted by atomic mass is 9.83.